The SMILES string of the molecule is CC(C)c1cc(-c2ccc(F)cc2)nc2cc(C(=O)N3CCN(C(=O)[C@@H](C)O)C[C@@H]3C)oc12. The highest BCUT2D eigenvalue weighted by Gasteiger charge is 2.33. The Morgan fingerprint density at radius 3 is 2.45 bits per heavy atom. The number of halogens is 1. The maximum atomic E-state index is 13.4. The summed E-state index contributed by atoms with van der Waals surface area (Å²) < 4.78 is 19.4. The molecule has 1 aliphatic rings. The number of carbonyl (C=O) groups is 2. The van der Waals surface area contributed by atoms with Gasteiger partial charge >= 0.3 is 0 Å². The van der Waals surface area contributed by atoms with E-state index in [2.05, 4.69) is 4.98 Å². The van der Waals surface area contributed by atoms with Gasteiger partial charge in [0, 0.05) is 42.9 Å². The van der Waals surface area contributed by atoms with Crippen molar-refractivity contribution in [1.82, 2.24) is 14.8 Å². The van der Waals surface area contributed by atoms with Crippen molar-refractivity contribution >= 4 is 22.9 Å². The number of fused-ring (bicyclic) bond motifs is 1. The van der Waals surface area contributed by atoms with Gasteiger partial charge in [-0.2, -0.15) is 0 Å². The van der Waals surface area contributed by atoms with Crippen LogP contribution in [0.3, 0.4) is 0 Å². The number of hydrogen-bond acceptors (Lipinski definition) is 5. The molecule has 1 fully saturated rings. The van der Waals surface area contributed by atoms with Gasteiger partial charge in [-0.05, 0) is 50.1 Å². The lowest BCUT2D eigenvalue weighted by molar-refractivity contribution is -0.141. The van der Waals surface area contributed by atoms with Gasteiger partial charge in [-0.25, -0.2) is 9.37 Å². The molecule has 7 nitrogen and oxygen atoms in total. The fourth-order valence-corrected chi connectivity index (χ4v) is 4.21. The second-order valence-corrected chi connectivity index (χ2v) is 8.89. The topological polar surface area (TPSA) is 86.9 Å². The molecule has 2 aromatic heterocycles. The maximum Gasteiger partial charge on any atom is 0.290 e. The van der Waals surface area contributed by atoms with Crippen molar-refractivity contribution < 1.29 is 23.5 Å². The number of aromatic nitrogens is 1. The number of benzene rings is 1. The molecule has 1 N–H and O–H groups in total. The zero-order valence-electron chi connectivity index (χ0n) is 19.2. The summed E-state index contributed by atoms with van der Waals surface area (Å²) in [5.74, 6) is -0.598. The van der Waals surface area contributed by atoms with E-state index in [1.54, 1.807) is 28.0 Å². The monoisotopic (exact) mass is 453 g/mol. The second-order valence-electron chi connectivity index (χ2n) is 8.89. The predicted molar refractivity (Wildman–Crippen MR) is 122 cm³/mol. The van der Waals surface area contributed by atoms with Crippen molar-refractivity contribution in [3.63, 3.8) is 0 Å². The van der Waals surface area contributed by atoms with Crippen LogP contribution in [-0.2, 0) is 4.79 Å². The average Bonchev–Trinajstić information content (AvgIpc) is 3.22. The van der Waals surface area contributed by atoms with Crippen LogP contribution >= 0.6 is 0 Å². The number of pyridine rings is 1. The van der Waals surface area contributed by atoms with E-state index in [1.807, 2.05) is 26.8 Å². The van der Waals surface area contributed by atoms with Gasteiger partial charge < -0.3 is 19.3 Å². The number of furan rings is 1. The standard InChI is InChI=1S/C25H28FN3O4/c1-14(2)19-11-20(17-5-7-18(26)8-6-17)27-21-12-22(33-23(19)21)25(32)29-10-9-28(13-15(29)3)24(31)16(4)30/h5-8,11-12,14-16,30H,9-10,13H2,1-4H3/t15-,16+/m0/s1. The van der Waals surface area contributed by atoms with Crippen LogP contribution in [0.4, 0.5) is 4.39 Å². The van der Waals surface area contributed by atoms with E-state index < -0.39 is 6.10 Å². The fraction of sp³-hybridized carbons (Fsp3) is 0.400. The van der Waals surface area contributed by atoms with Crippen LogP contribution in [0, 0.1) is 5.82 Å². The summed E-state index contributed by atoms with van der Waals surface area (Å²) in [7, 11) is 0. The number of rotatable bonds is 4. The molecule has 0 aliphatic carbocycles. The highest BCUT2D eigenvalue weighted by atomic mass is 19.1. The molecule has 0 spiro atoms. The number of piperazine rings is 1. The first-order chi connectivity index (χ1) is 15.7. The third-order valence-corrected chi connectivity index (χ3v) is 6.04. The first-order valence-corrected chi connectivity index (χ1v) is 11.1. The summed E-state index contributed by atoms with van der Waals surface area (Å²) in [6.07, 6.45) is -1.06. The van der Waals surface area contributed by atoms with Crippen molar-refractivity contribution in [2.24, 2.45) is 0 Å². The molecule has 1 aliphatic heterocycles. The van der Waals surface area contributed by atoms with Gasteiger partial charge in [0.05, 0.1) is 5.69 Å². The third-order valence-electron chi connectivity index (χ3n) is 6.04. The summed E-state index contributed by atoms with van der Waals surface area (Å²) in [5, 5.41) is 9.57. The largest absolute Gasteiger partial charge is 0.449 e. The summed E-state index contributed by atoms with van der Waals surface area (Å²) in [4.78, 5) is 33.3. The van der Waals surface area contributed by atoms with Crippen LogP contribution in [0.25, 0.3) is 22.4 Å². The predicted octanol–water partition coefficient (Wildman–Crippen LogP) is 3.81. The Morgan fingerprint density at radius 1 is 1.15 bits per heavy atom. The number of amides is 2. The van der Waals surface area contributed by atoms with E-state index in [0.29, 0.717) is 36.4 Å². The minimum atomic E-state index is -1.06. The van der Waals surface area contributed by atoms with Crippen LogP contribution in [0.15, 0.2) is 40.8 Å². The Labute approximate surface area is 191 Å². The van der Waals surface area contributed by atoms with Gasteiger partial charge in [-0.1, -0.05) is 13.8 Å². The zero-order chi connectivity index (χ0) is 23.9. The summed E-state index contributed by atoms with van der Waals surface area (Å²) in [5.41, 5.74) is 3.51. The molecule has 3 aromatic rings. The van der Waals surface area contributed by atoms with Gasteiger partial charge in [-0.15, -0.1) is 0 Å². The minimum absolute atomic E-state index is 0.123. The van der Waals surface area contributed by atoms with E-state index in [-0.39, 0.29) is 35.4 Å². The molecule has 1 saturated heterocycles. The van der Waals surface area contributed by atoms with Crippen LogP contribution in [-0.4, -0.2) is 63.5 Å². The normalized spacial score (nSPS) is 17.6. The van der Waals surface area contributed by atoms with Gasteiger partial charge in [0.25, 0.3) is 11.8 Å². The number of carbonyl (C=O) groups excluding carboxylic acids is 2. The van der Waals surface area contributed by atoms with E-state index in [4.69, 9.17) is 4.42 Å². The molecule has 0 unspecified atom stereocenters. The third kappa shape index (κ3) is 4.48. The van der Waals surface area contributed by atoms with Crippen LogP contribution < -0.4 is 0 Å². The molecular formula is C25H28FN3O4. The molecule has 4 rings (SSSR count). The molecule has 2 atom stereocenters. The molecule has 174 valence electrons. The Morgan fingerprint density at radius 2 is 1.85 bits per heavy atom. The molecule has 2 amide bonds. The van der Waals surface area contributed by atoms with Crippen molar-refractivity contribution in [1.29, 1.82) is 0 Å². The Kier molecular flexibility index (Phi) is 6.21. The average molecular weight is 454 g/mol. The van der Waals surface area contributed by atoms with E-state index in [1.165, 1.54) is 19.1 Å². The summed E-state index contributed by atoms with van der Waals surface area (Å²) in [6, 6.07) is 9.48. The van der Waals surface area contributed by atoms with Crippen molar-refractivity contribution in [3.8, 4) is 11.3 Å². The van der Waals surface area contributed by atoms with Gasteiger partial charge in [-0.3, -0.25) is 9.59 Å². The lowest BCUT2D eigenvalue weighted by Crippen LogP contribution is -2.56. The summed E-state index contributed by atoms with van der Waals surface area (Å²) in [6.45, 7) is 8.43. The molecule has 0 saturated carbocycles. The number of hydrogen-bond donors (Lipinski definition) is 1. The molecule has 3 heterocycles. The fourth-order valence-electron chi connectivity index (χ4n) is 4.21. The van der Waals surface area contributed by atoms with Gasteiger partial charge in [0.15, 0.2) is 11.3 Å². The maximum absolute atomic E-state index is 13.4. The van der Waals surface area contributed by atoms with Crippen molar-refractivity contribution in [2.75, 3.05) is 19.6 Å². The lowest BCUT2D eigenvalue weighted by Gasteiger charge is -2.39. The van der Waals surface area contributed by atoms with E-state index in [9.17, 15) is 19.1 Å². The molecule has 8 heteroatoms. The first-order valence-electron chi connectivity index (χ1n) is 11.1. The Balaban J connectivity index is 1.65. The number of nitrogens with zero attached hydrogens (tertiary/aromatic N) is 3. The molecule has 0 radical (unpaired) electrons. The second kappa shape index (κ2) is 8.94. The quantitative estimate of drug-likeness (QED) is 0.649. The molecule has 1 aromatic carbocycles. The van der Waals surface area contributed by atoms with Crippen molar-refractivity contribution in [3.05, 3.63) is 53.5 Å². The smallest absolute Gasteiger partial charge is 0.290 e. The highest BCUT2D eigenvalue weighted by Crippen LogP contribution is 2.32. The van der Waals surface area contributed by atoms with Crippen LogP contribution in [0.1, 0.15) is 49.7 Å². The highest BCUT2D eigenvalue weighted by molar-refractivity contribution is 5.96. The first kappa shape index (κ1) is 22.9. The molecule has 33 heavy (non-hydrogen) atoms. The van der Waals surface area contributed by atoms with E-state index >= 15 is 0 Å². The van der Waals surface area contributed by atoms with E-state index in [0.717, 1.165) is 11.1 Å². The Bertz CT molecular complexity index is 1190. The van der Waals surface area contributed by atoms with Crippen molar-refractivity contribution in [2.45, 2.75) is 45.8 Å². The lowest BCUT2D eigenvalue weighted by atomic mass is 10.00. The van der Waals surface area contributed by atoms with Gasteiger partial charge in [0.2, 0.25) is 0 Å². The van der Waals surface area contributed by atoms with Crippen LogP contribution in [0.2, 0.25) is 0 Å². The van der Waals surface area contributed by atoms with Crippen LogP contribution in [0.5, 0.6) is 0 Å². The Hall–Kier alpha value is -3.26. The molecular weight excluding hydrogens is 425 g/mol. The van der Waals surface area contributed by atoms with Gasteiger partial charge in [0.1, 0.15) is 17.4 Å². The zero-order valence-corrected chi connectivity index (χ0v) is 19.2. The molecule has 0 bridgehead atoms. The number of aliphatic hydroxyl groups excluding tert-OH is 1. The number of aliphatic hydroxyl groups is 1. The minimum Gasteiger partial charge on any atom is -0.449 e. The summed E-state index contributed by atoms with van der Waals surface area (Å²) >= 11 is 0.